The first kappa shape index (κ1) is 22.1. The summed E-state index contributed by atoms with van der Waals surface area (Å²) in [4.78, 5) is 24.7. The molecule has 1 fully saturated rings. The normalized spacial score (nSPS) is 19.4. The van der Waals surface area contributed by atoms with Crippen molar-refractivity contribution < 1.29 is 22.7 Å². The summed E-state index contributed by atoms with van der Waals surface area (Å²) in [5, 5.41) is 13.0. The number of anilines is 1. The Bertz CT molecular complexity index is 979. The van der Waals surface area contributed by atoms with Crippen LogP contribution in [0.5, 0.6) is 5.88 Å². The SMILES string of the molecule is C=CC(=O)N1CC[C@@H](F)[C@H](Oc2nc(N/C(C=N)=C/NCC(F)F)nc3[nH]ccc23)C1. The minimum Gasteiger partial charge on any atom is -0.469 e. The second kappa shape index (κ2) is 9.96. The molecule has 0 saturated carbocycles. The minimum absolute atomic E-state index is 0.0174. The lowest BCUT2D eigenvalue weighted by molar-refractivity contribution is -0.130. The highest BCUT2D eigenvalue weighted by Gasteiger charge is 2.33. The molecule has 166 valence electrons. The quantitative estimate of drug-likeness (QED) is 0.353. The van der Waals surface area contributed by atoms with Gasteiger partial charge in [-0.2, -0.15) is 9.97 Å². The topological polar surface area (TPSA) is 119 Å². The van der Waals surface area contributed by atoms with E-state index in [1.165, 1.54) is 17.2 Å². The number of ether oxygens (including phenoxy) is 1. The first-order chi connectivity index (χ1) is 14.9. The van der Waals surface area contributed by atoms with Crippen molar-refractivity contribution in [3.8, 4) is 5.88 Å². The van der Waals surface area contributed by atoms with E-state index in [1.54, 1.807) is 12.3 Å². The molecule has 3 rings (SSSR count). The molecule has 12 heteroatoms. The summed E-state index contributed by atoms with van der Waals surface area (Å²) in [6.45, 7) is 3.17. The number of rotatable bonds is 9. The van der Waals surface area contributed by atoms with E-state index in [0.717, 1.165) is 6.21 Å². The molecule has 0 aliphatic carbocycles. The minimum atomic E-state index is -2.55. The predicted octanol–water partition coefficient (Wildman–Crippen LogP) is 2.22. The van der Waals surface area contributed by atoms with Crippen LogP contribution in [0.15, 0.2) is 36.8 Å². The van der Waals surface area contributed by atoms with E-state index in [4.69, 9.17) is 10.1 Å². The first-order valence-corrected chi connectivity index (χ1v) is 9.47. The number of hydrogen-bond donors (Lipinski definition) is 4. The number of aromatic amines is 1. The molecule has 4 N–H and O–H groups in total. The molecule has 2 aromatic rings. The molecule has 1 saturated heterocycles. The number of nitrogens with zero attached hydrogens (tertiary/aromatic N) is 3. The van der Waals surface area contributed by atoms with Crippen LogP contribution >= 0.6 is 0 Å². The molecule has 0 spiro atoms. The van der Waals surface area contributed by atoms with Crippen LogP contribution in [-0.2, 0) is 4.79 Å². The van der Waals surface area contributed by atoms with E-state index >= 15 is 0 Å². The maximum Gasteiger partial charge on any atom is 0.255 e. The van der Waals surface area contributed by atoms with Crippen LogP contribution < -0.4 is 15.4 Å². The van der Waals surface area contributed by atoms with Gasteiger partial charge in [0.1, 0.15) is 17.9 Å². The summed E-state index contributed by atoms with van der Waals surface area (Å²) in [6.07, 6.45) is 0.195. The van der Waals surface area contributed by atoms with Gasteiger partial charge in [0.25, 0.3) is 6.43 Å². The molecule has 31 heavy (non-hydrogen) atoms. The molecule has 3 heterocycles. The number of piperidine rings is 1. The number of halogens is 3. The average Bonchev–Trinajstić information content (AvgIpc) is 3.22. The predicted molar refractivity (Wildman–Crippen MR) is 109 cm³/mol. The maximum atomic E-state index is 14.5. The van der Waals surface area contributed by atoms with Gasteiger partial charge >= 0.3 is 0 Å². The summed E-state index contributed by atoms with van der Waals surface area (Å²) in [7, 11) is 0. The second-order valence-corrected chi connectivity index (χ2v) is 6.71. The van der Waals surface area contributed by atoms with Gasteiger partial charge in [-0.05, 0) is 18.6 Å². The van der Waals surface area contributed by atoms with E-state index in [1.807, 2.05) is 0 Å². The fourth-order valence-electron chi connectivity index (χ4n) is 3.03. The van der Waals surface area contributed by atoms with Crippen molar-refractivity contribution in [2.24, 2.45) is 0 Å². The van der Waals surface area contributed by atoms with Crippen molar-refractivity contribution in [2.45, 2.75) is 25.1 Å². The molecule has 0 unspecified atom stereocenters. The van der Waals surface area contributed by atoms with Gasteiger partial charge in [-0.15, -0.1) is 0 Å². The van der Waals surface area contributed by atoms with Crippen molar-refractivity contribution >= 4 is 29.1 Å². The van der Waals surface area contributed by atoms with Gasteiger partial charge in [-0.1, -0.05) is 6.58 Å². The average molecular weight is 437 g/mol. The second-order valence-electron chi connectivity index (χ2n) is 6.71. The summed E-state index contributed by atoms with van der Waals surface area (Å²) in [5.74, 6) is -0.211. The highest BCUT2D eigenvalue weighted by molar-refractivity contribution is 5.87. The Morgan fingerprint density at radius 2 is 2.29 bits per heavy atom. The zero-order valence-electron chi connectivity index (χ0n) is 16.4. The standard InChI is InChI=1S/C19H22F3N7O2/c1-2-16(30)29-6-4-13(20)14(10-29)31-18-12-3-5-25-17(12)27-19(28-18)26-11(7-23)8-24-9-15(21)22/h2-3,5,7-8,13-15,23-24H,1,4,6,9-10H2,(H2,25,26,27,28)/b11-8+,23-7?/t13-,14-/m1/s1. The van der Waals surface area contributed by atoms with Crippen molar-refractivity contribution in [2.75, 3.05) is 25.0 Å². The molecular formula is C19H22F3N7O2. The van der Waals surface area contributed by atoms with Gasteiger partial charge in [0.2, 0.25) is 17.7 Å². The lowest BCUT2D eigenvalue weighted by Gasteiger charge is -2.34. The lowest BCUT2D eigenvalue weighted by atomic mass is 10.1. The third-order valence-electron chi connectivity index (χ3n) is 4.55. The number of nitrogens with one attached hydrogen (secondary N) is 4. The number of amides is 1. The van der Waals surface area contributed by atoms with Crippen LogP contribution in [0.1, 0.15) is 6.42 Å². The fraction of sp³-hybridized carbons (Fsp3) is 0.368. The number of fused-ring (bicyclic) bond motifs is 1. The Morgan fingerprint density at radius 1 is 1.48 bits per heavy atom. The molecular weight excluding hydrogens is 415 g/mol. The highest BCUT2D eigenvalue weighted by Crippen LogP contribution is 2.27. The van der Waals surface area contributed by atoms with Gasteiger partial charge in [-0.25, -0.2) is 13.2 Å². The number of H-pyrrole nitrogens is 1. The number of aromatic nitrogens is 3. The van der Waals surface area contributed by atoms with E-state index in [0.29, 0.717) is 11.0 Å². The number of alkyl halides is 3. The van der Waals surface area contributed by atoms with E-state index < -0.39 is 25.2 Å². The van der Waals surface area contributed by atoms with Gasteiger partial charge in [0, 0.05) is 25.2 Å². The maximum absolute atomic E-state index is 14.5. The number of carbonyl (C=O) groups is 1. The lowest BCUT2D eigenvalue weighted by Crippen LogP contribution is -2.49. The van der Waals surface area contributed by atoms with Crippen LogP contribution in [0, 0.1) is 5.41 Å². The monoisotopic (exact) mass is 437 g/mol. The molecule has 2 aromatic heterocycles. The molecule has 1 amide bonds. The summed E-state index contributed by atoms with van der Waals surface area (Å²) in [5.41, 5.74) is 0.518. The van der Waals surface area contributed by atoms with E-state index in [9.17, 15) is 18.0 Å². The number of likely N-dealkylation sites (tertiary alicyclic amines) is 1. The Hall–Kier alpha value is -3.57. The zero-order valence-corrected chi connectivity index (χ0v) is 16.4. The fourth-order valence-corrected chi connectivity index (χ4v) is 3.03. The van der Waals surface area contributed by atoms with Gasteiger partial charge in [0.05, 0.1) is 24.2 Å². The Morgan fingerprint density at radius 3 is 3.00 bits per heavy atom. The van der Waals surface area contributed by atoms with Crippen molar-refractivity contribution in [1.29, 1.82) is 5.41 Å². The highest BCUT2D eigenvalue weighted by atomic mass is 19.3. The molecule has 1 aliphatic rings. The van der Waals surface area contributed by atoms with Crippen LogP contribution in [0.3, 0.4) is 0 Å². The largest absolute Gasteiger partial charge is 0.469 e. The van der Waals surface area contributed by atoms with Gasteiger partial charge in [0.15, 0.2) is 0 Å². The van der Waals surface area contributed by atoms with Crippen LogP contribution in [0.2, 0.25) is 0 Å². The van der Waals surface area contributed by atoms with Crippen LogP contribution in [-0.4, -0.2) is 70.3 Å². The molecule has 1 aliphatic heterocycles. The third-order valence-corrected chi connectivity index (χ3v) is 4.55. The Labute approximate surface area is 175 Å². The van der Waals surface area contributed by atoms with Crippen molar-refractivity contribution in [3.05, 3.63) is 36.8 Å². The smallest absolute Gasteiger partial charge is 0.255 e. The first-order valence-electron chi connectivity index (χ1n) is 9.47. The van der Waals surface area contributed by atoms with Crippen LogP contribution in [0.4, 0.5) is 19.1 Å². The van der Waals surface area contributed by atoms with Gasteiger partial charge < -0.3 is 30.7 Å². The molecule has 0 bridgehead atoms. The molecule has 0 aromatic carbocycles. The zero-order chi connectivity index (χ0) is 22.4. The molecule has 2 atom stereocenters. The third kappa shape index (κ3) is 5.53. The van der Waals surface area contributed by atoms with Crippen molar-refractivity contribution in [3.63, 3.8) is 0 Å². The summed E-state index contributed by atoms with van der Waals surface area (Å²) in [6, 6.07) is 1.66. The van der Waals surface area contributed by atoms with Crippen LogP contribution in [0.25, 0.3) is 11.0 Å². The number of hydrogen-bond acceptors (Lipinski definition) is 7. The molecule has 9 nitrogen and oxygen atoms in total. The summed E-state index contributed by atoms with van der Waals surface area (Å²) < 4.78 is 44.9. The molecule has 0 radical (unpaired) electrons. The Kier molecular flexibility index (Phi) is 7.11. The summed E-state index contributed by atoms with van der Waals surface area (Å²) >= 11 is 0. The van der Waals surface area contributed by atoms with E-state index in [2.05, 4.69) is 32.2 Å². The van der Waals surface area contributed by atoms with Crippen molar-refractivity contribution in [1.82, 2.24) is 25.2 Å². The Balaban J connectivity index is 1.82. The van der Waals surface area contributed by atoms with Gasteiger partial charge in [-0.3, -0.25) is 4.79 Å². The van der Waals surface area contributed by atoms with E-state index in [-0.39, 0.29) is 42.9 Å². The number of carbonyl (C=O) groups excluding carboxylic acids is 1. The number of allylic oxidation sites excluding steroid dienone is 1.